The van der Waals surface area contributed by atoms with Crippen LogP contribution in [0.25, 0.3) is 0 Å². The van der Waals surface area contributed by atoms with E-state index in [0.29, 0.717) is 5.22 Å². The molecule has 1 aliphatic heterocycles. The lowest BCUT2D eigenvalue weighted by Gasteiger charge is -2.36. The fourth-order valence-corrected chi connectivity index (χ4v) is 4.38. The summed E-state index contributed by atoms with van der Waals surface area (Å²) < 4.78 is 6.11. The maximum atomic E-state index is 6.11. The van der Waals surface area contributed by atoms with Crippen molar-refractivity contribution in [2.75, 3.05) is 6.61 Å². The molecule has 1 aromatic carbocycles. The SMILES string of the molecule is C[SiH2]C1(CCCc2ccccc2)CCCCO1. The van der Waals surface area contributed by atoms with Crippen molar-refractivity contribution >= 4 is 9.52 Å². The molecule has 17 heavy (non-hydrogen) atoms. The molecule has 0 amide bonds. The van der Waals surface area contributed by atoms with E-state index in [1.165, 1.54) is 44.1 Å². The van der Waals surface area contributed by atoms with Gasteiger partial charge >= 0.3 is 0 Å². The molecule has 0 aromatic heterocycles. The Morgan fingerprint density at radius 2 is 2.06 bits per heavy atom. The molecule has 1 aliphatic rings. The molecular weight excluding hydrogens is 224 g/mol. The minimum absolute atomic E-state index is 0.0610. The molecule has 0 N–H and O–H groups in total. The van der Waals surface area contributed by atoms with Crippen LogP contribution in [-0.4, -0.2) is 21.4 Å². The molecule has 1 saturated heterocycles. The van der Waals surface area contributed by atoms with Crippen LogP contribution in [0.1, 0.15) is 37.7 Å². The van der Waals surface area contributed by atoms with Crippen molar-refractivity contribution in [3.05, 3.63) is 35.9 Å². The molecule has 2 heteroatoms. The molecule has 1 heterocycles. The third-order valence-electron chi connectivity index (χ3n) is 4.02. The Kier molecular flexibility index (Phi) is 4.81. The molecular formula is C15H24OSi. The summed E-state index contributed by atoms with van der Waals surface area (Å²) in [5.41, 5.74) is 1.47. The van der Waals surface area contributed by atoms with Crippen LogP contribution in [0, 0.1) is 0 Å². The zero-order chi connectivity index (χ0) is 12.0. The van der Waals surface area contributed by atoms with E-state index in [2.05, 4.69) is 36.9 Å². The maximum Gasteiger partial charge on any atom is 0.0564 e. The van der Waals surface area contributed by atoms with E-state index in [1.807, 2.05) is 0 Å². The highest BCUT2D eigenvalue weighted by Crippen LogP contribution is 2.29. The van der Waals surface area contributed by atoms with Gasteiger partial charge in [0.15, 0.2) is 0 Å². The van der Waals surface area contributed by atoms with Gasteiger partial charge in [-0.3, -0.25) is 0 Å². The average molecular weight is 248 g/mol. The van der Waals surface area contributed by atoms with Gasteiger partial charge in [0.1, 0.15) is 0 Å². The molecule has 1 nitrogen and oxygen atoms in total. The van der Waals surface area contributed by atoms with Gasteiger partial charge in [-0.2, -0.15) is 0 Å². The minimum atomic E-state index is -0.0610. The molecule has 0 aliphatic carbocycles. The second-order valence-electron chi connectivity index (χ2n) is 5.18. The number of hydrogen-bond acceptors (Lipinski definition) is 1. The summed E-state index contributed by atoms with van der Waals surface area (Å²) in [6, 6.07) is 10.8. The van der Waals surface area contributed by atoms with E-state index in [9.17, 15) is 0 Å². The Morgan fingerprint density at radius 1 is 1.24 bits per heavy atom. The van der Waals surface area contributed by atoms with Crippen LogP contribution in [0.3, 0.4) is 0 Å². The van der Waals surface area contributed by atoms with Crippen LogP contribution < -0.4 is 0 Å². The molecule has 0 bridgehead atoms. The first-order valence-corrected chi connectivity index (χ1v) is 9.15. The van der Waals surface area contributed by atoms with Gasteiger partial charge in [0.25, 0.3) is 0 Å². The third kappa shape index (κ3) is 3.68. The van der Waals surface area contributed by atoms with E-state index in [4.69, 9.17) is 4.74 Å². The van der Waals surface area contributed by atoms with E-state index in [-0.39, 0.29) is 9.52 Å². The van der Waals surface area contributed by atoms with Crippen LogP contribution in [0.4, 0.5) is 0 Å². The summed E-state index contributed by atoms with van der Waals surface area (Å²) in [7, 11) is -0.0610. The summed E-state index contributed by atoms with van der Waals surface area (Å²) in [6.45, 7) is 3.42. The van der Waals surface area contributed by atoms with Crippen LogP contribution in [0.5, 0.6) is 0 Å². The molecule has 1 atom stereocenters. The summed E-state index contributed by atoms with van der Waals surface area (Å²) in [5, 5.41) is 0.340. The second-order valence-corrected chi connectivity index (χ2v) is 7.18. The second kappa shape index (κ2) is 6.36. The highest BCUT2D eigenvalue weighted by atomic mass is 28.2. The predicted molar refractivity (Wildman–Crippen MR) is 76.3 cm³/mol. The Morgan fingerprint density at radius 3 is 2.71 bits per heavy atom. The van der Waals surface area contributed by atoms with Gasteiger partial charge in [-0.25, -0.2) is 0 Å². The third-order valence-corrected chi connectivity index (χ3v) is 6.22. The summed E-state index contributed by atoms with van der Waals surface area (Å²) in [4.78, 5) is 0. The predicted octanol–water partition coefficient (Wildman–Crippen LogP) is 3.12. The van der Waals surface area contributed by atoms with Crippen LogP contribution in [0.15, 0.2) is 30.3 Å². The van der Waals surface area contributed by atoms with Crippen LogP contribution >= 0.6 is 0 Å². The maximum absolute atomic E-state index is 6.11. The summed E-state index contributed by atoms with van der Waals surface area (Å²) >= 11 is 0. The Balaban J connectivity index is 1.80. The largest absolute Gasteiger partial charge is 0.379 e. The van der Waals surface area contributed by atoms with Gasteiger partial charge < -0.3 is 4.74 Å². The molecule has 0 radical (unpaired) electrons. The van der Waals surface area contributed by atoms with Gasteiger partial charge in [-0.15, -0.1) is 0 Å². The number of rotatable bonds is 5. The van der Waals surface area contributed by atoms with Crippen molar-refractivity contribution in [1.82, 2.24) is 0 Å². The van der Waals surface area contributed by atoms with Crippen molar-refractivity contribution in [3.8, 4) is 0 Å². The Hall–Kier alpha value is -0.603. The first-order chi connectivity index (χ1) is 8.35. The Labute approximate surface area is 107 Å². The van der Waals surface area contributed by atoms with Gasteiger partial charge in [0, 0.05) is 6.61 Å². The zero-order valence-electron chi connectivity index (χ0n) is 11.0. The molecule has 1 aromatic rings. The fourth-order valence-electron chi connectivity index (χ4n) is 2.82. The quantitative estimate of drug-likeness (QED) is 0.728. The van der Waals surface area contributed by atoms with Gasteiger partial charge in [-0.1, -0.05) is 36.9 Å². The number of aryl methyl sites for hydroxylation is 1. The van der Waals surface area contributed by atoms with Gasteiger partial charge in [0.05, 0.1) is 14.7 Å². The van der Waals surface area contributed by atoms with E-state index in [1.54, 1.807) is 0 Å². The van der Waals surface area contributed by atoms with Crippen molar-refractivity contribution in [1.29, 1.82) is 0 Å². The molecule has 0 spiro atoms. The van der Waals surface area contributed by atoms with Crippen molar-refractivity contribution in [2.45, 2.75) is 50.3 Å². The lowest BCUT2D eigenvalue weighted by atomic mass is 10.0. The highest BCUT2D eigenvalue weighted by molar-refractivity contribution is 6.37. The smallest absolute Gasteiger partial charge is 0.0564 e. The highest BCUT2D eigenvalue weighted by Gasteiger charge is 2.30. The molecule has 0 saturated carbocycles. The molecule has 1 fully saturated rings. The first kappa shape index (κ1) is 12.8. The summed E-state index contributed by atoms with van der Waals surface area (Å²) in [5.74, 6) is 0. The van der Waals surface area contributed by atoms with Crippen LogP contribution in [0.2, 0.25) is 6.55 Å². The number of ether oxygens (including phenoxy) is 1. The van der Waals surface area contributed by atoms with Crippen molar-refractivity contribution in [2.24, 2.45) is 0 Å². The molecule has 2 rings (SSSR count). The average Bonchev–Trinajstić information content (AvgIpc) is 2.41. The summed E-state index contributed by atoms with van der Waals surface area (Å²) in [6.07, 6.45) is 7.75. The first-order valence-electron chi connectivity index (χ1n) is 7.02. The van der Waals surface area contributed by atoms with Crippen molar-refractivity contribution in [3.63, 3.8) is 0 Å². The molecule has 94 valence electrons. The standard InChI is InChI=1S/C15H24OSi/c1-17-15(11-5-6-13-16-15)12-7-10-14-8-3-2-4-9-14/h2-4,8-9H,5-7,10-13,17H2,1H3. The van der Waals surface area contributed by atoms with Crippen molar-refractivity contribution < 1.29 is 4.74 Å². The lowest BCUT2D eigenvalue weighted by Crippen LogP contribution is -2.41. The Bertz CT molecular complexity index is 317. The zero-order valence-corrected chi connectivity index (χ0v) is 12.4. The van der Waals surface area contributed by atoms with E-state index >= 15 is 0 Å². The monoisotopic (exact) mass is 248 g/mol. The van der Waals surface area contributed by atoms with Crippen LogP contribution in [-0.2, 0) is 11.2 Å². The van der Waals surface area contributed by atoms with E-state index < -0.39 is 0 Å². The number of benzene rings is 1. The topological polar surface area (TPSA) is 9.23 Å². The van der Waals surface area contributed by atoms with E-state index in [0.717, 1.165) is 6.61 Å². The minimum Gasteiger partial charge on any atom is -0.379 e. The molecule has 1 unspecified atom stereocenters. The fraction of sp³-hybridized carbons (Fsp3) is 0.600. The lowest BCUT2D eigenvalue weighted by molar-refractivity contribution is -0.0260. The normalized spacial score (nSPS) is 25.5. The van der Waals surface area contributed by atoms with Gasteiger partial charge in [-0.05, 0) is 44.1 Å². The number of hydrogen-bond donors (Lipinski definition) is 0. The van der Waals surface area contributed by atoms with Gasteiger partial charge in [0.2, 0.25) is 0 Å².